The first-order valence-electron chi connectivity index (χ1n) is 10.1. The van der Waals surface area contributed by atoms with E-state index in [1.54, 1.807) is 0 Å². The molecule has 154 valence electrons. The Morgan fingerprint density at radius 2 is 2.00 bits per heavy atom. The van der Waals surface area contributed by atoms with Crippen LogP contribution in [0.15, 0.2) is 41.2 Å². The maximum atomic E-state index is 13.0. The van der Waals surface area contributed by atoms with Crippen LogP contribution < -0.4 is 25.7 Å². The lowest BCUT2D eigenvalue weighted by Crippen LogP contribution is -2.28. The Morgan fingerprint density at radius 3 is 2.93 bits per heavy atom. The van der Waals surface area contributed by atoms with Gasteiger partial charge >= 0.3 is 0 Å². The first-order valence-corrected chi connectivity index (χ1v) is 10.5. The molecule has 0 radical (unpaired) electrons. The summed E-state index contributed by atoms with van der Waals surface area (Å²) in [7, 11) is 0. The molecule has 2 aromatic carbocycles. The molecule has 3 heterocycles. The molecule has 0 aliphatic carbocycles. The Balaban J connectivity index is 1.30. The molecule has 2 aliphatic rings. The van der Waals surface area contributed by atoms with Crippen LogP contribution >= 0.6 is 12.2 Å². The lowest BCUT2D eigenvalue weighted by Gasteiger charge is -2.13. The molecule has 0 bridgehead atoms. The summed E-state index contributed by atoms with van der Waals surface area (Å²) >= 11 is 5.43. The number of hydrogen-bond donors (Lipinski definition) is 2. The average molecular weight is 423 g/mol. The van der Waals surface area contributed by atoms with Crippen molar-refractivity contribution in [3.05, 3.63) is 58.1 Å². The number of nitrogens with one attached hydrogen (secondary N) is 2. The van der Waals surface area contributed by atoms with Crippen LogP contribution in [-0.4, -0.2) is 21.5 Å². The van der Waals surface area contributed by atoms with Crippen LogP contribution in [-0.2, 0) is 19.5 Å². The summed E-state index contributed by atoms with van der Waals surface area (Å²) in [4.78, 5) is 17.7. The first-order chi connectivity index (χ1) is 14.7. The monoisotopic (exact) mass is 422 g/mol. The largest absolute Gasteiger partial charge is 0.454 e. The fraction of sp³-hybridized carbons (Fsp3) is 0.318. The Bertz CT molecular complexity index is 1190. The van der Waals surface area contributed by atoms with Gasteiger partial charge in [-0.25, -0.2) is 4.98 Å². The van der Waals surface area contributed by atoms with E-state index in [1.165, 1.54) is 0 Å². The maximum absolute atomic E-state index is 13.0. The highest BCUT2D eigenvalue weighted by Gasteiger charge is 2.15. The highest BCUT2D eigenvalue weighted by atomic mass is 32.1. The summed E-state index contributed by atoms with van der Waals surface area (Å²) in [6, 6.07) is 11.4. The van der Waals surface area contributed by atoms with Crippen molar-refractivity contribution in [1.29, 1.82) is 0 Å². The summed E-state index contributed by atoms with van der Waals surface area (Å²) in [6.07, 6.45) is 4.10. The molecule has 1 aromatic heterocycles. The summed E-state index contributed by atoms with van der Waals surface area (Å²) in [5.41, 5.74) is 2.56. The summed E-state index contributed by atoms with van der Waals surface area (Å²) in [5.74, 6) is 2.40. The topological polar surface area (TPSA) is 77.4 Å². The zero-order valence-electron chi connectivity index (χ0n) is 16.4. The highest BCUT2D eigenvalue weighted by Crippen LogP contribution is 2.32. The molecule has 30 heavy (non-hydrogen) atoms. The number of anilines is 1. The molecule has 0 amide bonds. The van der Waals surface area contributed by atoms with Crippen LogP contribution in [0.25, 0.3) is 10.9 Å². The predicted octanol–water partition coefficient (Wildman–Crippen LogP) is 3.34. The zero-order valence-corrected chi connectivity index (χ0v) is 17.3. The normalized spacial score (nSPS) is 14.8. The van der Waals surface area contributed by atoms with Gasteiger partial charge in [0, 0.05) is 25.2 Å². The molecular formula is C22H22N4O3S. The number of aromatic nitrogens is 2. The fourth-order valence-electron chi connectivity index (χ4n) is 3.90. The number of thiocarbonyl (C=S) groups is 1. The van der Waals surface area contributed by atoms with E-state index in [0.29, 0.717) is 17.0 Å². The Kier molecular flexibility index (Phi) is 5.00. The van der Waals surface area contributed by atoms with E-state index in [1.807, 2.05) is 41.0 Å². The van der Waals surface area contributed by atoms with Crippen molar-refractivity contribution in [3.8, 4) is 11.5 Å². The number of ether oxygens (including phenoxy) is 2. The summed E-state index contributed by atoms with van der Waals surface area (Å²) in [6.45, 7) is 1.55. The van der Waals surface area contributed by atoms with Gasteiger partial charge in [0.1, 0.15) is 5.82 Å². The van der Waals surface area contributed by atoms with Gasteiger partial charge in [-0.2, -0.15) is 0 Å². The van der Waals surface area contributed by atoms with E-state index in [0.717, 1.165) is 66.3 Å². The fourth-order valence-corrected chi connectivity index (χ4v) is 4.09. The van der Waals surface area contributed by atoms with E-state index in [4.69, 9.17) is 26.7 Å². The molecule has 0 atom stereocenters. The van der Waals surface area contributed by atoms with Gasteiger partial charge in [-0.1, -0.05) is 12.5 Å². The van der Waals surface area contributed by atoms with E-state index in [2.05, 4.69) is 10.6 Å². The first kappa shape index (κ1) is 18.9. The number of benzene rings is 2. The van der Waals surface area contributed by atoms with E-state index in [9.17, 15) is 4.79 Å². The molecule has 2 aliphatic heterocycles. The van der Waals surface area contributed by atoms with Gasteiger partial charge in [-0.05, 0) is 61.0 Å². The Morgan fingerprint density at radius 1 is 1.10 bits per heavy atom. The number of rotatable bonds is 3. The van der Waals surface area contributed by atoms with E-state index >= 15 is 0 Å². The van der Waals surface area contributed by atoms with Crippen LogP contribution in [0.4, 0.5) is 5.69 Å². The van der Waals surface area contributed by atoms with Gasteiger partial charge in [-0.3, -0.25) is 9.36 Å². The van der Waals surface area contributed by atoms with Gasteiger partial charge in [0.05, 0.1) is 10.9 Å². The third kappa shape index (κ3) is 3.70. The molecule has 7 nitrogen and oxygen atoms in total. The van der Waals surface area contributed by atoms with Crippen molar-refractivity contribution in [1.82, 2.24) is 14.9 Å². The second-order valence-corrected chi connectivity index (χ2v) is 7.93. The predicted molar refractivity (Wildman–Crippen MR) is 119 cm³/mol. The molecule has 0 fully saturated rings. The zero-order chi connectivity index (χ0) is 20.5. The molecule has 8 heteroatoms. The van der Waals surface area contributed by atoms with Crippen molar-refractivity contribution >= 4 is 33.9 Å². The summed E-state index contributed by atoms with van der Waals surface area (Å²) < 4.78 is 12.6. The minimum atomic E-state index is 0.0276. The molecule has 0 unspecified atom stereocenters. The SMILES string of the molecule is O=c1c2cc(NC(=S)NCc3ccc4c(c3)OCO4)ccc2nc2n1CCCCC2. The standard InChI is InChI=1S/C22H22N4O3S/c27-21-16-11-15(6-7-17(16)25-20-4-2-1-3-9-26(20)21)24-22(30)23-12-14-5-8-18-19(10-14)29-13-28-18/h5-8,10-11H,1-4,9,12-13H2,(H2,23,24,30). The van der Waals surface area contributed by atoms with Crippen LogP contribution in [0.5, 0.6) is 11.5 Å². The quantitative estimate of drug-likeness (QED) is 0.627. The smallest absolute Gasteiger partial charge is 0.261 e. The third-order valence-corrected chi connectivity index (χ3v) is 5.71. The minimum Gasteiger partial charge on any atom is -0.454 e. The van der Waals surface area contributed by atoms with Crippen molar-refractivity contribution in [2.45, 2.75) is 38.8 Å². The number of hydrogen-bond acceptors (Lipinski definition) is 5. The number of nitrogens with zero attached hydrogens (tertiary/aromatic N) is 2. The van der Waals surface area contributed by atoms with E-state index < -0.39 is 0 Å². The van der Waals surface area contributed by atoms with Gasteiger partial charge in [0.15, 0.2) is 16.6 Å². The molecule has 0 saturated heterocycles. The molecular weight excluding hydrogens is 400 g/mol. The number of fused-ring (bicyclic) bond motifs is 3. The van der Waals surface area contributed by atoms with Gasteiger partial charge in [0.2, 0.25) is 6.79 Å². The molecule has 3 aromatic rings. The lowest BCUT2D eigenvalue weighted by molar-refractivity contribution is 0.174. The average Bonchev–Trinajstić information content (AvgIpc) is 3.09. The van der Waals surface area contributed by atoms with Crippen molar-refractivity contribution in [3.63, 3.8) is 0 Å². The van der Waals surface area contributed by atoms with E-state index in [-0.39, 0.29) is 12.4 Å². The van der Waals surface area contributed by atoms with Crippen molar-refractivity contribution < 1.29 is 9.47 Å². The number of aryl methyl sites for hydroxylation is 1. The van der Waals surface area contributed by atoms with Crippen molar-refractivity contribution in [2.24, 2.45) is 0 Å². The van der Waals surface area contributed by atoms with Gasteiger partial charge < -0.3 is 20.1 Å². The van der Waals surface area contributed by atoms with Crippen LogP contribution in [0.1, 0.15) is 30.7 Å². The third-order valence-electron chi connectivity index (χ3n) is 5.46. The Labute approximate surface area is 179 Å². The van der Waals surface area contributed by atoms with Crippen molar-refractivity contribution in [2.75, 3.05) is 12.1 Å². The van der Waals surface area contributed by atoms with Crippen LogP contribution in [0.2, 0.25) is 0 Å². The molecule has 0 spiro atoms. The van der Waals surface area contributed by atoms with Gasteiger partial charge in [-0.15, -0.1) is 0 Å². The second kappa shape index (κ2) is 7.95. The highest BCUT2D eigenvalue weighted by molar-refractivity contribution is 7.80. The minimum absolute atomic E-state index is 0.0276. The molecule has 0 saturated carbocycles. The Hall–Kier alpha value is -3.13. The summed E-state index contributed by atoms with van der Waals surface area (Å²) in [5, 5.41) is 7.45. The maximum Gasteiger partial charge on any atom is 0.261 e. The second-order valence-electron chi connectivity index (χ2n) is 7.52. The van der Waals surface area contributed by atoms with Crippen LogP contribution in [0.3, 0.4) is 0 Å². The lowest BCUT2D eigenvalue weighted by atomic mass is 10.2. The molecule has 2 N–H and O–H groups in total. The van der Waals surface area contributed by atoms with Crippen LogP contribution in [0, 0.1) is 0 Å². The van der Waals surface area contributed by atoms with Gasteiger partial charge in [0.25, 0.3) is 5.56 Å². The molecule has 5 rings (SSSR count).